The van der Waals surface area contributed by atoms with Gasteiger partial charge in [-0.1, -0.05) is 12.1 Å². The molecule has 2 N–H and O–H groups in total. The number of aromatic amines is 1. The van der Waals surface area contributed by atoms with Crippen LogP contribution in [0.15, 0.2) is 47.4 Å². The Labute approximate surface area is 121 Å². The van der Waals surface area contributed by atoms with E-state index in [1.54, 1.807) is 10.6 Å². The fourth-order valence-corrected chi connectivity index (χ4v) is 2.36. The molecule has 0 spiro atoms. The molecule has 1 amide bonds. The summed E-state index contributed by atoms with van der Waals surface area (Å²) >= 11 is 0. The Morgan fingerprint density at radius 1 is 1.14 bits per heavy atom. The van der Waals surface area contributed by atoms with E-state index in [4.69, 9.17) is 0 Å². The number of H-pyrrole nitrogens is 1. The van der Waals surface area contributed by atoms with E-state index in [0.717, 1.165) is 28.0 Å². The lowest BCUT2D eigenvalue weighted by Gasteiger charge is -2.02. The highest BCUT2D eigenvalue weighted by Crippen LogP contribution is 2.23. The van der Waals surface area contributed by atoms with Gasteiger partial charge in [0.1, 0.15) is 0 Å². The molecule has 0 fully saturated rings. The lowest BCUT2D eigenvalue weighted by Crippen LogP contribution is -2.15. The van der Waals surface area contributed by atoms with Crippen LogP contribution in [-0.4, -0.2) is 15.3 Å². The number of amides is 1. The Morgan fingerprint density at radius 3 is 2.52 bits per heavy atom. The van der Waals surface area contributed by atoms with Crippen LogP contribution in [0, 0.1) is 6.92 Å². The molecule has 0 radical (unpaired) electrons. The van der Waals surface area contributed by atoms with Gasteiger partial charge in [0, 0.05) is 30.1 Å². The van der Waals surface area contributed by atoms with Crippen molar-refractivity contribution >= 4 is 17.1 Å². The molecule has 5 nitrogen and oxygen atoms in total. The monoisotopic (exact) mass is 281 g/mol. The smallest absolute Gasteiger partial charge is 0.326 e. The van der Waals surface area contributed by atoms with Crippen molar-refractivity contribution in [1.29, 1.82) is 0 Å². The predicted octanol–water partition coefficient (Wildman–Crippen LogP) is 2.56. The number of aryl methyl sites for hydroxylation is 1. The molecule has 0 saturated heterocycles. The van der Waals surface area contributed by atoms with Crippen molar-refractivity contribution in [3.8, 4) is 11.1 Å². The Balaban J connectivity index is 2.02. The highest BCUT2D eigenvalue weighted by Gasteiger charge is 2.05. The van der Waals surface area contributed by atoms with Gasteiger partial charge in [-0.05, 0) is 36.8 Å². The third kappa shape index (κ3) is 2.58. The number of carbonyl (C=O) groups excluding carboxylic acids is 1. The van der Waals surface area contributed by atoms with E-state index in [2.05, 4.69) is 10.3 Å². The van der Waals surface area contributed by atoms with E-state index in [1.165, 1.54) is 6.92 Å². The van der Waals surface area contributed by atoms with Gasteiger partial charge in [-0.2, -0.15) is 0 Å². The van der Waals surface area contributed by atoms with Crippen LogP contribution in [0.3, 0.4) is 0 Å². The maximum Gasteiger partial charge on any atom is 0.330 e. The topological polar surface area (TPSA) is 66.4 Å². The van der Waals surface area contributed by atoms with Crippen molar-refractivity contribution in [2.75, 3.05) is 5.32 Å². The quantitative estimate of drug-likeness (QED) is 0.758. The van der Waals surface area contributed by atoms with Crippen molar-refractivity contribution < 1.29 is 4.79 Å². The average Bonchev–Trinajstić information content (AvgIpc) is 2.83. The van der Waals surface area contributed by atoms with Crippen LogP contribution in [0.25, 0.3) is 16.6 Å². The summed E-state index contributed by atoms with van der Waals surface area (Å²) in [6.07, 6.45) is 1.81. The molecular formula is C16H15N3O2. The molecule has 106 valence electrons. The van der Waals surface area contributed by atoms with Crippen LogP contribution in [0.1, 0.15) is 12.6 Å². The highest BCUT2D eigenvalue weighted by molar-refractivity contribution is 5.89. The van der Waals surface area contributed by atoms with Gasteiger partial charge in [0.25, 0.3) is 0 Å². The van der Waals surface area contributed by atoms with Gasteiger partial charge >= 0.3 is 5.69 Å². The molecule has 2 heterocycles. The van der Waals surface area contributed by atoms with Crippen molar-refractivity contribution in [2.45, 2.75) is 13.8 Å². The Kier molecular flexibility index (Phi) is 3.10. The molecule has 0 bridgehead atoms. The van der Waals surface area contributed by atoms with Gasteiger partial charge in [-0.25, -0.2) is 4.79 Å². The van der Waals surface area contributed by atoms with Crippen LogP contribution in [0.5, 0.6) is 0 Å². The first-order chi connectivity index (χ1) is 10.0. The van der Waals surface area contributed by atoms with Gasteiger partial charge in [0.05, 0.1) is 5.52 Å². The fraction of sp³-hybridized carbons (Fsp3) is 0.125. The van der Waals surface area contributed by atoms with E-state index >= 15 is 0 Å². The second-order valence-corrected chi connectivity index (χ2v) is 5.04. The van der Waals surface area contributed by atoms with Gasteiger partial charge < -0.3 is 10.3 Å². The number of hydrogen-bond acceptors (Lipinski definition) is 2. The molecule has 0 saturated carbocycles. The van der Waals surface area contributed by atoms with Crippen LogP contribution >= 0.6 is 0 Å². The fourth-order valence-electron chi connectivity index (χ4n) is 2.36. The number of hydrogen-bond donors (Lipinski definition) is 2. The summed E-state index contributed by atoms with van der Waals surface area (Å²) in [7, 11) is 0. The molecule has 0 aliphatic rings. The molecule has 0 atom stereocenters. The number of aromatic nitrogens is 2. The van der Waals surface area contributed by atoms with Gasteiger partial charge in [0.15, 0.2) is 0 Å². The second kappa shape index (κ2) is 4.94. The van der Waals surface area contributed by atoms with E-state index in [1.807, 2.05) is 43.3 Å². The average molecular weight is 281 g/mol. The normalized spacial score (nSPS) is 10.8. The maximum atomic E-state index is 11.9. The van der Waals surface area contributed by atoms with Crippen LogP contribution in [0.2, 0.25) is 0 Å². The summed E-state index contributed by atoms with van der Waals surface area (Å²) in [6, 6.07) is 11.4. The zero-order chi connectivity index (χ0) is 15.0. The standard InChI is InChI=1S/C16H15N3O2/c1-10-7-15-8-13(9-19(15)16(21)17-10)12-3-5-14(6-4-12)18-11(2)20/h3-9H,1-2H3,(H,17,21)(H,18,20). The van der Waals surface area contributed by atoms with Gasteiger partial charge in [-0.15, -0.1) is 0 Å². The second-order valence-electron chi connectivity index (χ2n) is 5.04. The van der Waals surface area contributed by atoms with Gasteiger partial charge in [0.2, 0.25) is 5.91 Å². The SMILES string of the molecule is CC(=O)Nc1ccc(-c2cc3cc(C)[nH]c(=O)n3c2)cc1. The first-order valence-electron chi connectivity index (χ1n) is 6.63. The summed E-state index contributed by atoms with van der Waals surface area (Å²) in [5, 5.41) is 2.73. The molecule has 3 rings (SSSR count). The van der Waals surface area contributed by atoms with E-state index < -0.39 is 0 Å². The van der Waals surface area contributed by atoms with E-state index in [0.29, 0.717) is 0 Å². The minimum Gasteiger partial charge on any atom is -0.326 e. The molecule has 21 heavy (non-hydrogen) atoms. The van der Waals surface area contributed by atoms with Crippen molar-refractivity contribution in [1.82, 2.24) is 9.38 Å². The third-order valence-corrected chi connectivity index (χ3v) is 3.28. The summed E-state index contributed by atoms with van der Waals surface area (Å²) < 4.78 is 1.59. The third-order valence-electron chi connectivity index (χ3n) is 3.28. The largest absolute Gasteiger partial charge is 0.330 e. The Hall–Kier alpha value is -2.82. The van der Waals surface area contributed by atoms with Crippen molar-refractivity contribution in [3.63, 3.8) is 0 Å². The number of anilines is 1. The number of nitrogens with zero attached hydrogens (tertiary/aromatic N) is 1. The maximum absolute atomic E-state index is 11.9. The number of benzene rings is 1. The number of nitrogens with one attached hydrogen (secondary N) is 2. The number of carbonyl (C=O) groups is 1. The minimum absolute atomic E-state index is 0.0978. The molecule has 0 aliphatic heterocycles. The van der Waals surface area contributed by atoms with Crippen molar-refractivity contribution in [2.24, 2.45) is 0 Å². The summed E-state index contributed by atoms with van der Waals surface area (Å²) in [5.41, 5.74) is 4.25. The molecule has 0 unspecified atom stereocenters. The van der Waals surface area contributed by atoms with Gasteiger partial charge in [-0.3, -0.25) is 9.20 Å². The molecule has 3 aromatic rings. The predicted molar refractivity (Wildman–Crippen MR) is 82.5 cm³/mol. The zero-order valence-corrected chi connectivity index (χ0v) is 11.8. The zero-order valence-electron chi connectivity index (χ0n) is 11.8. The first-order valence-corrected chi connectivity index (χ1v) is 6.63. The molecule has 5 heteroatoms. The van der Waals surface area contributed by atoms with E-state index in [9.17, 15) is 9.59 Å². The molecule has 2 aromatic heterocycles. The Bertz CT molecular complexity index is 873. The highest BCUT2D eigenvalue weighted by atomic mass is 16.1. The lowest BCUT2D eigenvalue weighted by atomic mass is 10.1. The van der Waals surface area contributed by atoms with Crippen LogP contribution < -0.4 is 11.0 Å². The first kappa shape index (κ1) is 13.2. The van der Waals surface area contributed by atoms with Crippen molar-refractivity contribution in [3.05, 3.63) is 58.8 Å². The van der Waals surface area contributed by atoms with E-state index in [-0.39, 0.29) is 11.6 Å². The summed E-state index contributed by atoms with van der Waals surface area (Å²) in [4.78, 5) is 25.7. The Morgan fingerprint density at radius 2 is 1.86 bits per heavy atom. The molecule has 1 aromatic carbocycles. The number of fused-ring (bicyclic) bond motifs is 1. The number of rotatable bonds is 2. The van der Waals surface area contributed by atoms with Crippen LogP contribution in [0.4, 0.5) is 5.69 Å². The lowest BCUT2D eigenvalue weighted by molar-refractivity contribution is -0.114. The minimum atomic E-state index is -0.147. The molecule has 0 aliphatic carbocycles. The molecular weight excluding hydrogens is 266 g/mol. The van der Waals surface area contributed by atoms with Crippen LogP contribution in [-0.2, 0) is 4.79 Å². The summed E-state index contributed by atoms with van der Waals surface area (Å²) in [5.74, 6) is -0.0978. The summed E-state index contributed by atoms with van der Waals surface area (Å²) in [6.45, 7) is 3.33.